The molecular formula is C27H19FN4O3. The molecule has 5 aromatic rings. The number of fused-ring (bicyclic) bond motifs is 4. The minimum absolute atomic E-state index is 0.199. The van der Waals surface area contributed by atoms with E-state index in [1.807, 2.05) is 24.3 Å². The maximum atomic E-state index is 13.5. The molecule has 0 spiro atoms. The van der Waals surface area contributed by atoms with Crippen LogP contribution < -0.4 is 15.0 Å². The van der Waals surface area contributed by atoms with Gasteiger partial charge in [-0.1, -0.05) is 24.3 Å². The topological polar surface area (TPSA) is 87.3 Å². The number of anilines is 2. The number of nitrogens with zero attached hydrogens (tertiary/aromatic N) is 2. The standard InChI is InChI=1S/C27H19FN4O3/c1-35-17-10-11-19-24(12-17)32(16-8-6-15(28)7-9-16)27(34)25(19)31-26(33)22-13-20-18-4-2-3-5-21(18)30-23(20)14-29-22/h2-14,25,30H,1H3,(H,31,33). The Hall–Kier alpha value is -4.72. The van der Waals surface area contributed by atoms with E-state index in [4.69, 9.17) is 4.74 Å². The fraction of sp³-hybridized carbons (Fsp3) is 0.0741. The second-order valence-electron chi connectivity index (χ2n) is 8.27. The number of hydrogen-bond donors (Lipinski definition) is 2. The lowest BCUT2D eigenvalue weighted by Crippen LogP contribution is -2.36. The molecule has 1 aliphatic heterocycles. The van der Waals surface area contributed by atoms with Gasteiger partial charge in [0.1, 0.15) is 23.3 Å². The lowest BCUT2D eigenvalue weighted by atomic mass is 10.1. The summed E-state index contributed by atoms with van der Waals surface area (Å²) in [6.45, 7) is 0. The lowest BCUT2D eigenvalue weighted by Gasteiger charge is -2.18. The maximum absolute atomic E-state index is 13.5. The summed E-state index contributed by atoms with van der Waals surface area (Å²) in [6, 6.07) is 19.4. The van der Waals surface area contributed by atoms with Gasteiger partial charge in [0.25, 0.3) is 11.8 Å². The van der Waals surface area contributed by atoms with Crippen LogP contribution in [0.25, 0.3) is 21.8 Å². The molecule has 7 nitrogen and oxygen atoms in total. The molecule has 0 radical (unpaired) electrons. The van der Waals surface area contributed by atoms with Gasteiger partial charge in [-0.15, -0.1) is 0 Å². The highest BCUT2D eigenvalue weighted by molar-refractivity contribution is 6.13. The van der Waals surface area contributed by atoms with Gasteiger partial charge in [-0.3, -0.25) is 14.5 Å². The van der Waals surface area contributed by atoms with Gasteiger partial charge in [0, 0.05) is 33.6 Å². The molecular weight excluding hydrogens is 447 g/mol. The molecule has 0 saturated heterocycles. The number of ether oxygens (including phenoxy) is 1. The SMILES string of the molecule is COc1ccc2c(c1)N(c1ccc(F)cc1)C(=O)C2NC(=O)c1cc2c(cn1)[nH]c1ccccc12. The highest BCUT2D eigenvalue weighted by Gasteiger charge is 2.39. The summed E-state index contributed by atoms with van der Waals surface area (Å²) >= 11 is 0. The zero-order chi connectivity index (χ0) is 24.1. The number of H-pyrrole nitrogens is 1. The van der Waals surface area contributed by atoms with Gasteiger partial charge in [-0.2, -0.15) is 0 Å². The van der Waals surface area contributed by atoms with Crippen molar-refractivity contribution < 1.29 is 18.7 Å². The number of methoxy groups -OCH3 is 1. The van der Waals surface area contributed by atoms with Crippen LogP contribution in [0.3, 0.4) is 0 Å². The summed E-state index contributed by atoms with van der Waals surface area (Å²) in [5.74, 6) is -0.684. The predicted molar refractivity (Wildman–Crippen MR) is 130 cm³/mol. The largest absolute Gasteiger partial charge is 0.497 e. The molecule has 35 heavy (non-hydrogen) atoms. The number of carbonyl (C=O) groups is 2. The Morgan fingerprint density at radius 2 is 1.83 bits per heavy atom. The molecule has 2 aromatic heterocycles. The number of pyridine rings is 1. The van der Waals surface area contributed by atoms with E-state index in [0.29, 0.717) is 22.7 Å². The molecule has 0 bridgehead atoms. The smallest absolute Gasteiger partial charge is 0.270 e. The average Bonchev–Trinajstić information content (AvgIpc) is 3.38. The molecule has 1 aliphatic rings. The van der Waals surface area contributed by atoms with Crippen molar-refractivity contribution >= 4 is 45.0 Å². The number of para-hydroxylation sites is 1. The number of halogens is 1. The van der Waals surface area contributed by atoms with E-state index < -0.39 is 17.8 Å². The number of aromatic nitrogens is 2. The Balaban J connectivity index is 1.37. The number of benzene rings is 3. The van der Waals surface area contributed by atoms with E-state index in [1.54, 1.807) is 30.5 Å². The van der Waals surface area contributed by atoms with Crippen molar-refractivity contribution in [2.45, 2.75) is 6.04 Å². The van der Waals surface area contributed by atoms with Crippen LogP contribution in [0.15, 0.2) is 79.0 Å². The van der Waals surface area contributed by atoms with Gasteiger partial charge in [0.2, 0.25) is 0 Å². The third-order valence-electron chi connectivity index (χ3n) is 6.24. The van der Waals surface area contributed by atoms with E-state index in [-0.39, 0.29) is 11.6 Å². The van der Waals surface area contributed by atoms with Crippen molar-refractivity contribution in [3.05, 3.63) is 96.1 Å². The first-order valence-electron chi connectivity index (χ1n) is 11.0. The van der Waals surface area contributed by atoms with Crippen molar-refractivity contribution in [1.29, 1.82) is 0 Å². The molecule has 3 aromatic carbocycles. The maximum Gasteiger partial charge on any atom is 0.270 e. The summed E-state index contributed by atoms with van der Waals surface area (Å²) in [5, 5.41) is 4.69. The van der Waals surface area contributed by atoms with Crippen LogP contribution in [0, 0.1) is 5.82 Å². The first-order chi connectivity index (χ1) is 17.0. The van der Waals surface area contributed by atoms with E-state index >= 15 is 0 Å². The molecule has 6 rings (SSSR count). The van der Waals surface area contributed by atoms with Crippen LogP contribution in [0.4, 0.5) is 15.8 Å². The monoisotopic (exact) mass is 466 g/mol. The van der Waals surface area contributed by atoms with Crippen molar-refractivity contribution in [3.8, 4) is 5.75 Å². The Bertz CT molecular complexity index is 1630. The number of hydrogen-bond acceptors (Lipinski definition) is 4. The number of amides is 2. The first kappa shape index (κ1) is 20.9. The summed E-state index contributed by atoms with van der Waals surface area (Å²) < 4.78 is 18.9. The van der Waals surface area contributed by atoms with Crippen LogP contribution in [0.2, 0.25) is 0 Å². The normalized spacial score (nSPS) is 15.0. The second kappa shape index (κ2) is 7.95. The number of nitrogens with one attached hydrogen (secondary N) is 2. The van der Waals surface area contributed by atoms with E-state index in [9.17, 15) is 14.0 Å². The van der Waals surface area contributed by atoms with Gasteiger partial charge in [-0.05, 0) is 42.5 Å². The average molecular weight is 466 g/mol. The first-order valence-corrected chi connectivity index (χ1v) is 11.0. The molecule has 0 fully saturated rings. The molecule has 0 saturated carbocycles. The van der Waals surface area contributed by atoms with Gasteiger partial charge in [0.05, 0.1) is 24.5 Å². The van der Waals surface area contributed by atoms with Crippen LogP contribution in [0.1, 0.15) is 22.1 Å². The molecule has 3 heterocycles. The fourth-order valence-corrected chi connectivity index (χ4v) is 4.54. The Morgan fingerprint density at radius 1 is 1.03 bits per heavy atom. The number of aromatic amines is 1. The quantitative estimate of drug-likeness (QED) is 0.390. The van der Waals surface area contributed by atoms with Crippen LogP contribution >= 0.6 is 0 Å². The van der Waals surface area contributed by atoms with Crippen LogP contribution in [-0.4, -0.2) is 28.9 Å². The Labute approximate surface area is 199 Å². The third kappa shape index (κ3) is 3.38. The minimum atomic E-state index is -0.936. The number of carbonyl (C=O) groups excluding carboxylic acids is 2. The molecule has 0 aliphatic carbocycles. The van der Waals surface area contributed by atoms with Gasteiger partial charge >= 0.3 is 0 Å². The van der Waals surface area contributed by atoms with Gasteiger partial charge in [-0.25, -0.2) is 9.37 Å². The molecule has 1 unspecified atom stereocenters. The summed E-state index contributed by atoms with van der Waals surface area (Å²) in [5.41, 5.74) is 3.63. The second-order valence-corrected chi connectivity index (χ2v) is 8.27. The van der Waals surface area contributed by atoms with Crippen LogP contribution in [0.5, 0.6) is 5.75 Å². The van der Waals surface area contributed by atoms with Crippen molar-refractivity contribution in [3.63, 3.8) is 0 Å². The summed E-state index contributed by atoms with van der Waals surface area (Å²) in [4.78, 5) is 35.8. The van der Waals surface area contributed by atoms with Crippen molar-refractivity contribution in [2.75, 3.05) is 12.0 Å². The minimum Gasteiger partial charge on any atom is -0.497 e. The van der Waals surface area contributed by atoms with Gasteiger partial charge < -0.3 is 15.0 Å². The summed E-state index contributed by atoms with van der Waals surface area (Å²) in [7, 11) is 1.53. The zero-order valence-corrected chi connectivity index (χ0v) is 18.6. The molecule has 2 amide bonds. The molecule has 172 valence electrons. The summed E-state index contributed by atoms with van der Waals surface area (Å²) in [6.07, 6.45) is 1.62. The molecule has 1 atom stereocenters. The highest BCUT2D eigenvalue weighted by atomic mass is 19.1. The van der Waals surface area contributed by atoms with Crippen molar-refractivity contribution in [1.82, 2.24) is 15.3 Å². The van der Waals surface area contributed by atoms with E-state index in [1.165, 1.54) is 36.3 Å². The Kier molecular flexibility index (Phi) is 4.74. The van der Waals surface area contributed by atoms with E-state index in [0.717, 1.165) is 21.8 Å². The fourth-order valence-electron chi connectivity index (χ4n) is 4.54. The molecule has 8 heteroatoms. The van der Waals surface area contributed by atoms with Crippen LogP contribution in [-0.2, 0) is 4.79 Å². The molecule has 2 N–H and O–H groups in total. The Morgan fingerprint density at radius 3 is 2.63 bits per heavy atom. The zero-order valence-electron chi connectivity index (χ0n) is 18.6. The van der Waals surface area contributed by atoms with Gasteiger partial charge in [0.15, 0.2) is 0 Å². The highest BCUT2D eigenvalue weighted by Crippen LogP contribution is 2.42. The van der Waals surface area contributed by atoms with E-state index in [2.05, 4.69) is 15.3 Å². The predicted octanol–water partition coefficient (Wildman–Crippen LogP) is 5.01. The lowest BCUT2D eigenvalue weighted by molar-refractivity contribution is -0.119. The number of rotatable bonds is 4. The third-order valence-corrected chi connectivity index (χ3v) is 6.24. The van der Waals surface area contributed by atoms with Crippen molar-refractivity contribution in [2.24, 2.45) is 0 Å².